The molecule has 0 fully saturated rings. The summed E-state index contributed by atoms with van der Waals surface area (Å²) in [7, 11) is 0. The Hall–Kier alpha value is -3.13. The first kappa shape index (κ1) is 15.4. The van der Waals surface area contributed by atoms with Crippen molar-refractivity contribution < 1.29 is 9.21 Å². The number of fused-ring (bicyclic) bond motifs is 2. The van der Waals surface area contributed by atoms with Crippen LogP contribution in [-0.2, 0) is 11.3 Å². The summed E-state index contributed by atoms with van der Waals surface area (Å²) in [5.41, 5.74) is 2.24. The molecule has 0 atom stereocenters. The quantitative estimate of drug-likeness (QED) is 0.586. The van der Waals surface area contributed by atoms with Gasteiger partial charge in [-0.3, -0.25) is 14.5 Å². The van der Waals surface area contributed by atoms with E-state index in [2.05, 4.69) is 20.5 Å². The third kappa shape index (κ3) is 2.76. The van der Waals surface area contributed by atoms with Crippen molar-refractivity contribution in [2.24, 2.45) is 0 Å². The minimum absolute atomic E-state index is 0.222. The highest BCUT2D eigenvalue weighted by Gasteiger charge is 2.15. The van der Waals surface area contributed by atoms with Crippen LogP contribution in [0.3, 0.4) is 0 Å². The lowest BCUT2D eigenvalue weighted by atomic mass is 10.3. The van der Waals surface area contributed by atoms with Gasteiger partial charge in [-0.05, 0) is 37.3 Å². The van der Waals surface area contributed by atoms with Crippen molar-refractivity contribution in [1.82, 2.24) is 19.7 Å². The van der Waals surface area contributed by atoms with E-state index in [-0.39, 0.29) is 6.54 Å². The lowest BCUT2D eigenvalue weighted by molar-refractivity contribution is -0.116. The van der Waals surface area contributed by atoms with Gasteiger partial charge in [0.15, 0.2) is 17.0 Å². The van der Waals surface area contributed by atoms with Crippen molar-refractivity contribution in [3.8, 4) is 0 Å². The number of pyridine rings is 1. The number of aromatic nitrogens is 4. The van der Waals surface area contributed by atoms with E-state index in [9.17, 15) is 9.59 Å². The lowest BCUT2D eigenvalue weighted by Crippen LogP contribution is -2.25. The number of oxazole rings is 1. The van der Waals surface area contributed by atoms with E-state index in [4.69, 9.17) is 16.0 Å². The van der Waals surface area contributed by atoms with Gasteiger partial charge in [0.2, 0.25) is 5.91 Å². The van der Waals surface area contributed by atoms with E-state index in [1.54, 1.807) is 18.2 Å². The van der Waals surface area contributed by atoms with E-state index in [0.29, 0.717) is 33.0 Å². The summed E-state index contributed by atoms with van der Waals surface area (Å²) in [6.45, 7) is 1.64. The Balaban J connectivity index is 1.63. The van der Waals surface area contributed by atoms with Crippen molar-refractivity contribution in [2.45, 2.75) is 13.5 Å². The lowest BCUT2D eigenvalue weighted by Gasteiger charge is -2.04. The zero-order valence-electron chi connectivity index (χ0n) is 13.0. The molecular weight excluding hydrogens is 346 g/mol. The van der Waals surface area contributed by atoms with E-state index in [1.165, 1.54) is 4.57 Å². The van der Waals surface area contributed by atoms with Crippen LogP contribution in [0, 0.1) is 6.92 Å². The number of nitrogens with zero attached hydrogens (tertiary/aromatic N) is 3. The minimum atomic E-state index is -0.628. The number of benzene rings is 1. The van der Waals surface area contributed by atoms with Crippen molar-refractivity contribution in [1.29, 1.82) is 0 Å². The van der Waals surface area contributed by atoms with Crippen LogP contribution in [0.2, 0.25) is 5.02 Å². The topological polar surface area (TPSA) is 106 Å². The first-order valence-electron chi connectivity index (χ1n) is 7.42. The second kappa shape index (κ2) is 5.75. The summed E-state index contributed by atoms with van der Waals surface area (Å²) in [6.07, 6.45) is 0. The van der Waals surface area contributed by atoms with Crippen LogP contribution < -0.4 is 11.1 Å². The second-order valence-electron chi connectivity index (χ2n) is 5.54. The number of carbonyl (C=O) groups excluding carboxylic acids is 1. The number of hydrogen-bond acceptors (Lipinski definition) is 5. The molecule has 4 aromatic rings. The molecule has 2 N–H and O–H groups in total. The number of rotatable bonds is 3. The van der Waals surface area contributed by atoms with Crippen LogP contribution in [-0.4, -0.2) is 25.7 Å². The highest BCUT2D eigenvalue weighted by Crippen LogP contribution is 2.20. The fourth-order valence-corrected chi connectivity index (χ4v) is 2.76. The van der Waals surface area contributed by atoms with Gasteiger partial charge in [0, 0.05) is 10.7 Å². The summed E-state index contributed by atoms with van der Waals surface area (Å²) in [4.78, 5) is 28.6. The summed E-state index contributed by atoms with van der Waals surface area (Å²) >= 11 is 5.95. The van der Waals surface area contributed by atoms with Gasteiger partial charge in [-0.25, -0.2) is 9.78 Å². The molecule has 9 heteroatoms. The Labute approximate surface area is 145 Å². The van der Waals surface area contributed by atoms with Gasteiger partial charge in [0.05, 0.1) is 10.9 Å². The summed E-state index contributed by atoms with van der Waals surface area (Å²) in [5.74, 6) is -0.693. The number of aromatic amines is 1. The fourth-order valence-electron chi connectivity index (χ4n) is 2.60. The minimum Gasteiger partial charge on any atom is -0.408 e. The molecule has 1 amide bonds. The number of H-pyrrole nitrogens is 1. The Morgan fingerprint density at radius 3 is 3.04 bits per heavy atom. The van der Waals surface area contributed by atoms with Crippen LogP contribution in [0.1, 0.15) is 5.69 Å². The Kier molecular flexibility index (Phi) is 3.54. The van der Waals surface area contributed by atoms with Gasteiger partial charge in [0.1, 0.15) is 6.54 Å². The smallest absolute Gasteiger partial charge is 0.408 e. The molecule has 25 heavy (non-hydrogen) atoms. The molecule has 3 aromatic heterocycles. The maximum Gasteiger partial charge on any atom is 0.420 e. The van der Waals surface area contributed by atoms with E-state index in [1.807, 2.05) is 19.1 Å². The molecule has 0 bridgehead atoms. The first-order valence-corrected chi connectivity index (χ1v) is 7.79. The molecule has 0 aliphatic carbocycles. The number of anilines is 1. The van der Waals surface area contributed by atoms with Crippen LogP contribution in [0.25, 0.3) is 22.1 Å². The van der Waals surface area contributed by atoms with Gasteiger partial charge in [-0.2, -0.15) is 5.10 Å². The third-order valence-corrected chi connectivity index (χ3v) is 3.99. The maximum atomic E-state index is 12.3. The van der Waals surface area contributed by atoms with Gasteiger partial charge in [-0.15, -0.1) is 0 Å². The maximum absolute atomic E-state index is 12.3. The summed E-state index contributed by atoms with van der Waals surface area (Å²) < 4.78 is 6.33. The molecule has 1 aromatic carbocycles. The SMILES string of the molecule is Cc1ccc2c(NC(=O)Cn3c(=O)oc4ccc(Cl)cc43)n[nH]c2n1. The number of amides is 1. The molecule has 3 heterocycles. The normalized spacial score (nSPS) is 11.3. The van der Waals surface area contributed by atoms with Crippen LogP contribution in [0.4, 0.5) is 5.82 Å². The standard InChI is InChI=1S/C16H12ClN5O3/c1-8-2-4-10-14(18-8)20-21-15(10)19-13(23)7-22-11-6-9(17)3-5-12(11)25-16(22)24/h2-6H,7H2,1H3,(H2,18,19,20,21,23). The number of nitrogens with one attached hydrogen (secondary N) is 2. The Morgan fingerprint density at radius 1 is 1.36 bits per heavy atom. The number of hydrogen-bond donors (Lipinski definition) is 2. The average Bonchev–Trinajstić information content (AvgIpc) is 3.09. The number of halogens is 1. The van der Waals surface area contributed by atoms with Gasteiger partial charge < -0.3 is 9.73 Å². The zero-order chi connectivity index (χ0) is 17.6. The molecule has 0 aliphatic heterocycles. The fraction of sp³-hybridized carbons (Fsp3) is 0.125. The van der Waals surface area contributed by atoms with Crippen LogP contribution in [0.5, 0.6) is 0 Å². The van der Waals surface area contributed by atoms with E-state index in [0.717, 1.165) is 5.69 Å². The summed E-state index contributed by atoms with van der Waals surface area (Å²) in [6, 6.07) is 8.41. The van der Waals surface area contributed by atoms with Gasteiger partial charge >= 0.3 is 5.76 Å². The second-order valence-corrected chi connectivity index (χ2v) is 5.97. The third-order valence-electron chi connectivity index (χ3n) is 3.75. The van der Waals surface area contributed by atoms with Crippen molar-refractivity contribution in [3.05, 3.63) is 51.6 Å². The molecule has 0 saturated heterocycles. The Bertz CT molecular complexity index is 1170. The number of carbonyl (C=O) groups is 1. The molecular formula is C16H12ClN5O3. The number of aryl methyl sites for hydroxylation is 1. The molecule has 4 rings (SSSR count). The molecule has 0 radical (unpaired) electrons. The van der Waals surface area contributed by atoms with Gasteiger partial charge in [0.25, 0.3) is 0 Å². The van der Waals surface area contributed by atoms with Crippen LogP contribution in [0.15, 0.2) is 39.5 Å². The zero-order valence-corrected chi connectivity index (χ0v) is 13.8. The highest BCUT2D eigenvalue weighted by atomic mass is 35.5. The molecule has 126 valence electrons. The highest BCUT2D eigenvalue weighted by molar-refractivity contribution is 6.31. The van der Waals surface area contributed by atoms with Gasteiger partial charge in [-0.1, -0.05) is 11.6 Å². The Morgan fingerprint density at radius 2 is 2.20 bits per heavy atom. The van der Waals surface area contributed by atoms with E-state index < -0.39 is 11.7 Å². The summed E-state index contributed by atoms with van der Waals surface area (Å²) in [5, 5.41) is 10.6. The predicted molar refractivity (Wildman–Crippen MR) is 92.7 cm³/mol. The monoisotopic (exact) mass is 357 g/mol. The average molecular weight is 358 g/mol. The van der Waals surface area contributed by atoms with Crippen molar-refractivity contribution >= 4 is 45.5 Å². The molecule has 0 unspecified atom stereocenters. The molecule has 0 spiro atoms. The molecule has 0 saturated carbocycles. The van der Waals surface area contributed by atoms with Crippen LogP contribution >= 0.6 is 11.6 Å². The van der Waals surface area contributed by atoms with Crippen molar-refractivity contribution in [2.75, 3.05) is 5.32 Å². The first-order chi connectivity index (χ1) is 12.0. The predicted octanol–water partition coefficient (Wildman–Crippen LogP) is 2.47. The van der Waals surface area contributed by atoms with E-state index >= 15 is 0 Å². The largest absolute Gasteiger partial charge is 0.420 e. The molecule has 8 nitrogen and oxygen atoms in total. The molecule has 0 aliphatic rings. The van der Waals surface area contributed by atoms with Crippen molar-refractivity contribution in [3.63, 3.8) is 0 Å².